The average molecular weight is 433 g/mol. The molecule has 1 aliphatic carbocycles. The number of carbonyl (C=O) groups is 2. The summed E-state index contributed by atoms with van der Waals surface area (Å²) in [5.74, 6) is -0.714. The Morgan fingerprint density at radius 3 is 2.81 bits per heavy atom. The van der Waals surface area contributed by atoms with Crippen molar-refractivity contribution in [3.8, 4) is 0 Å². The average Bonchev–Trinajstić information content (AvgIpc) is 2.77. The van der Waals surface area contributed by atoms with Crippen molar-refractivity contribution in [3.05, 3.63) is 75.0 Å². The third kappa shape index (κ3) is 4.30. The number of fused-ring (bicyclic) bond motifs is 2. The third-order valence-electron chi connectivity index (χ3n) is 5.73. The molecule has 2 aromatic carbocycles. The molecule has 8 heteroatoms. The van der Waals surface area contributed by atoms with Gasteiger partial charge in [-0.15, -0.1) is 0 Å². The molecule has 0 saturated heterocycles. The van der Waals surface area contributed by atoms with Crippen LogP contribution in [0.2, 0.25) is 0 Å². The normalized spacial score (nSPS) is 15.1. The van der Waals surface area contributed by atoms with Crippen molar-refractivity contribution in [2.75, 3.05) is 11.9 Å². The molecule has 1 unspecified atom stereocenters. The molecule has 1 aromatic heterocycles. The lowest BCUT2D eigenvalue weighted by molar-refractivity contribution is -0.385. The molecule has 0 bridgehead atoms. The highest BCUT2D eigenvalue weighted by atomic mass is 16.6. The van der Waals surface area contributed by atoms with E-state index in [0.717, 1.165) is 36.0 Å². The lowest BCUT2D eigenvalue weighted by Gasteiger charge is -2.24. The van der Waals surface area contributed by atoms with Crippen molar-refractivity contribution in [2.45, 2.75) is 33.1 Å². The molecule has 4 rings (SSSR count). The summed E-state index contributed by atoms with van der Waals surface area (Å²) in [5.41, 5.74) is 3.66. The molecule has 32 heavy (non-hydrogen) atoms. The van der Waals surface area contributed by atoms with Crippen LogP contribution in [-0.4, -0.2) is 28.4 Å². The number of nitro benzene ring substituents is 1. The number of ether oxygens (including phenoxy) is 1. The number of hydrogen-bond acceptors (Lipinski definition) is 6. The van der Waals surface area contributed by atoms with Gasteiger partial charge in [0, 0.05) is 28.4 Å². The predicted molar refractivity (Wildman–Crippen MR) is 120 cm³/mol. The van der Waals surface area contributed by atoms with Gasteiger partial charge in [-0.05, 0) is 49.8 Å². The predicted octanol–water partition coefficient (Wildman–Crippen LogP) is 4.37. The van der Waals surface area contributed by atoms with E-state index in [1.54, 1.807) is 19.1 Å². The molecule has 3 aromatic rings. The van der Waals surface area contributed by atoms with Crippen LogP contribution >= 0.6 is 0 Å². The van der Waals surface area contributed by atoms with Gasteiger partial charge in [-0.3, -0.25) is 19.9 Å². The zero-order valence-electron chi connectivity index (χ0n) is 17.9. The van der Waals surface area contributed by atoms with E-state index in [9.17, 15) is 19.7 Å². The number of rotatable bonds is 5. The van der Waals surface area contributed by atoms with Gasteiger partial charge in [0.2, 0.25) is 0 Å². The van der Waals surface area contributed by atoms with Gasteiger partial charge in [0.1, 0.15) is 0 Å². The fourth-order valence-corrected chi connectivity index (χ4v) is 4.08. The van der Waals surface area contributed by atoms with E-state index in [4.69, 9.17) is 9.72 Å². The summed E-state index contributed by atoms with van der Waals surface area (Å²) in [6.45, 7) is 3.26. The molecule has 0 radical (unpaired) electrons. The lowest BCUT2D eigenvalue weighted by Crippen LogP contribution is -2.23. The van der Waals surface area contributed by atoms with Crippen molar-refractivity contribution < 1.29 is 19.2 Å². The van der Waals surface area contributed by atoms with Crippen LogP contribution in [0.3, 0.4) is 0 Å². The first-order valence-electron chi connectivity index (χ1n) is 10.5. The molecule has 1 atom stereocenters. The van der Waals surface area contributed by atoms with Gasteiger partial charge in [-0.25, -0.2) is 4.79 Å². The number of esters is 1. The monoisotopic (exact) mass is 433 g/mol. The second-order valence-corrected chi connectivity index (χ2v) is 8.16. The number of carbonyl (C=O) groups excluding carboxylic acids is 2. The Morgan fingerprint density at radius 2 is 2.03 bits per heavy atom. The zero-order valence-corrected chi connectivity index (χ0v) is 17.9. The first kappa shape index (κ1) is 21.4. The van der Waals surface area contributed by atoms with Crippen molar-refractivity contribution in [1.29, 1.82) is 0 Å². The van der Waals surface area contributed by atoms with Crippen molar-refractivity contribution in [1.82, 2.24) is 4.98 Å². The minimum absolute atomic E-state index is 0.0937. The van der Waals surface area contributed by atoms with E-state index >= 15 is 0 Å². The SMILES string of the molecule is Cc1ccc(NC(=O)COC(=O)c2c3c(nc4ccccc24)CCC(C)C3)cc1[N+](=O)[O-]. The standard InChI is InChI=1S/C24H23N3O5/c1-14-7-10-20-18(11-14)23(17-5-3-4-6-19(17)26-20)24(29)32-13-22(28)25-16-9-8-15(2)21(12-16)27(30)31/h3-6,8-9,12,14H,7,10-11,13H2,1-2H3,(H,25,28). The zero-order chi connectivity index (χ0) is 22.8. The van der Waals surface area contributed by atoms with Gasteiger partial charge in [0.25, 0.3) is 11.6 Å². The molecule has 0 aliphatic heterocycles. The van der Waals surface area contributed by atoms with Gasteiger partial charge in [0.15, 0.2) is 6.61 Å². The van der Waals surface area contributed by atoms with E-state index in [1.807, 2.05) is 24.3 Å². The van der Waals surface area contributed by atoms with Gasteiger partial charge in [-0.2, -0.15) is 0 Å². The first-order valence-corrected chi connectivity index (χ1v) is 10.5. The number of aromatic nitrogens is 1. The first-order chi connectivity index (χ1) is 15.3. The molecule has 1 aliphatic rings. The van der Waals surface area contributed by atoms with Gasteiger partial charge in [-0.1, -0.05) is 31.2 Å². The molecule has 0 fully saturated rings. The van der Waals surface area contributed by atoms with E-state index < -0.39 is 23.4 Å². The van der Waals surface area contributed by atoms with Crippen LogP contribution in [0.4, 0.5) is 11.4 Å². The largest absolute Gasteiger partial charge is 0.452 e. The maximum atomic E-state index is 13.1. The summed E-state index contributed by atoms with van der Waals surface area (Å²) in [6, 6.07) is 11.8. The highest BCUT2D eigenvalue weighted by Crippen LogP contribution is 2.32. The summed E-state index contributed by atoms with van der Waals surface area (Å²) in [7, 11) is 0. The Hall–Kier alpha value is -3.81. The van der Waals surface area contributed by atoms with Crippen LogP contribution in [0.25, 0.3) is 10.9 Å². The van der Waals surface area contributed by atoms with Crippen LogP contribution < -0.4 is 5.32 Å². The van der Waals surface area contributed by atoms with Gasteiger partial charge in [0.05, 0.1) is 16.0 Å². The van der Waals surface area contributed by atoms with Crippen LogP contribution in [0.15, 0.2) is 42.5 Å². The van der Waals surface area contributed by atoms with Crippen molar-refractivity contribution in [2.24, 2.45) is 5.92 Å². The Kier molecular flexibility index (Phi) is 5.85. The molecular weight excluding hydrogens is 410 g/mol. The summed E-state index contributed by atoms with van der Waals surface area (Å²) in [6.07, 6.45) is 2.54. The molecule has 164 valence electrons. The summed E-state index contributed by atoms with van der Waals surface area (Å²) >= 11 is 0. The van der Waals surface area contributed by atoms with Crippen molar-refractivity contribution >= 4 is 34.2 Å². The summed E-state index contributed by atoms with van der Waals surface area (Å²) < 4.78 is 5.36. The van der Waals surface area contributed by atoms with Crippen LogP contribution in [0, 0.1) is 23.0 Å². The summed E-state index contributed by atoms with van der Waals surface area (Å²) in [5, 5.41) is 14.4. The van der Waals surface area contributed by atoms with E-state index in [2.05, 4.69) is 12.2 Å². The maximum absolute atomic E-state index is 13.1. The smallest absolute Gasteiger partial charge is 0.339 e. The number of amides is 1. The molecule has 0 saturated carbocycles. The number of benzene rings is 2. The molecule has 1 amide bonds. The number of nitrogens with one attached hydrogen (secondary N) is 1. The number of para-hydroxylation sites is 1. The fourth-order valence-electron chi connectivity index (χ4n) is 4.08. The Balaban J connectivity index is 1.53. The van der Waals surface area contributed by atoms with Crippen molar-refractivity contribution in [3.63, 3.8) is 0 Å². The number of anilines is 1. The van der Waals surface area contributed by atoms with Crippen LogP contribution in [0.1, 0.15) is 40.5 Å². The maximum Gasteiger partial charge on any atom is 0.339 e. The molecule has 0 spiro atoms. The molecule has 1 N–H and O–H groups in total. The van der Waals surface area contributed by atoms with Gasteiger partial charge < -0.3 is 10.1 Å². The number of nitrogens with zero attached hydrogens (tertiary/aromatic N) is 2. The second kappa shape index (κ2) is 8.74. The fraction of sp³-hybridized carbons (Fsp3) is 0.292. The van der Waals surface area contributed by atoms with Gasteiger partial charge >= 0.3 is 5.97 Å². The van der Waals surface area contributed by atoms with Crippen LogP contribution in [0.5, 0.6) is 0 Å². The highest BCUT2D eigenvalue weighted by Gasteiger charge is 2.26. The highest BCUT2D eigenvalue weighted by molar-refractivity contribution is 6.06. The topological polar surface area (TPSA) is 111 Å². The minimum Gasteiger partial charge on any atom is -0.452 e. The quantitative estimate of drug-likeness (QED) is 0.363. The number of nitro groups is 1. The molecule has 1 heterocycles. The Bertz CT molecular complexity index is 1240. The van der Waals surface area contributed by atoms with Crippen LogP contribution in [-0.2, 0) is 22.4 Å². The summed E-state index contributed by atoms with van der Waals surface area (Å²) in [4.78, 5) is 40.7. The Morgan fingerprint density at radius 1 is 1.25 bits per heavy atom. The number of pyridine rings is 1. The Labute approximate surface area is 184 Å². The number of hydrogen-bond donors (Lipinski definition) is 1. The third-order valence-corrected chi connectivity index (χ3v) is 5.73. The molecular formula is C24H23N3O5. The lowest BCUT2D eigenvalue weighted by atomic mass is 9.84. The second-order valence-electron chi connectivity index (χ2n) is 8.16. The molecule has 8 nitrogen and oxygen atoms in total. The van der Waals surface area contributed by atoms with E-state index in [1.165, 1.54) is 6.07 Å². The van der Waals surface area contributed by atoms with E-state index in [-0.39, 0.29) is 11.4 Å². The minimum atomic E-state index is -0.572. The van der Waals surface area contributed by atoms with E-state index in [0.29, 0.717) is 22.4 Å². The number of aryl methyl sites for hydroxylation is 2.